The molecule has 0 unspecified atom stereocenters. The Hall–Kier alpha value is -3.19. The van der Waals surface area contributed by atoms with Crippen molar-refractivity contribution >= 4 is 21.9 Å². The number of nitrogens with zero attached hydrogens (tertiary/aromatic N) is 2. The summed E-state index contributed by atoms with van der Waals surface area (Å²) in [6.07, 6.45) is 1.94. The van der Waals surface area contributed by atoms with Gasteiger partial charge in [0.15, 0.2) is 11.8 Å². The van der Waals surface area contributed by atoms with Crippen LogP contribution in [0.4, 0.5) is 4.39 Å². The Bertz CT molecular complexity index is 1150. The Morgan fingerprint density at radius 3 is 2.75 bits per heavy atom. The van der Waals surface area contributed by atoms with Crippen molar-refractivity contribution < 1.29 is 13.4 Å². The normalized spacial score (nSPS) is 11.1. The molecule has 0 spiro atoms. The van der Waals surface area contributed by atoms with E-state index in [0.29, 0.717) is 27.5 Å². The predicted molar refractivity (Wildman–Crippen MR) is 89.7 cm³/mol. The lowest BCUT2D eigenvalue weighted by Crippen LogP contribution is -2.30. The summed E-state index contributed by atoms with van der Waals surface area (Å²) in [7, 11) is 1.94. The molecule has 0 saturated heterocycles. The molecule has 0 aliphatic carbocycles. The van der Waals surface area contributed by atoms with Gasteiger partial charge in [-0.3, -0.25) is 0 Å². The quantitative estimate of drug-likeness (QED) is 0.488. The molecular formula is C20H14FN2O+. The van der Waals surface area contributed by atoms with Gasteiger partial charge in [-0.15, -0.1) is 0 Å². The number of nitriles is 1. The van der Waals surface area contributed by atoms with E-state index in [0.717, 1.165) is 16.8 Å². The molecule has 0 aliphatic rings. The second kappa shape index (κ2) is 5.17. The zero-order chi connectivity index (χ0) is 16.8. The van der Waals surface area contributed by atoms with Gasteiger partial charge in [-0.05, 0) is 42.8 Å². The molecule has 4 aromatic rings. The van der Waals surface area contributed by atoms with Crippen molar-refractivity contribution in [3.8, 4) is 17.3 Å². The van der Waals surface area contributed by atoms with Gasteiger partial charge in [0.25, 0.3) is 0 Å². The van der Waals surface area contributed by atoms with Crippen molar-refractivity contribution in [3.63, 3.8) is 0 Å². The number of hydrogen-bond acceptors (Lipinski definition) is 2. The van der Waals surface area contributed by atoms with E-state index in [2.05, 4.69) is 6.07 Å². The summed E-state index contributed by atoms with van der Waals surface area (Å²) in [4.78, 5) is 0. The van der Waals surface area contributed by atoms with Gasteiger partial charge in [-0.1, -0.05) is 0 Å². The highest BCUT2D eigenvalue weighted by Gasteiger charge is 2.23. The van der Waals surface area contributed by atoms with Crippen molar-refractivity contribution in [2.24, 2.45) is 7.05 Å². The Balaban J connectivity index is 2.20. The first-order valence-corrected chi connectivity index (χ1v) is 7.60. The van der Waals surface area contributed by atoms with Gasteiger partial charge < -0.3 is 4.42 Å². The number of fused-ring (bicyclic) bond motifs is 3. The second-order valence-corrected chi connectivity index (χ2v) is 5.88. The highest BCUT2D eigenvalue weighted by Crippen LogP contribution is 2.38. The summed E-state index contributed by atoms with van der Waals surface area (Å²) in [6, 6.07) is 14.6. The number of pyridine rings is 1. The van der Waals surface area contributed by atoms with Gasteiger partial charge in [0.1, 0.15) is 18.4 Å². The lowest BCUT2D eigenvalue weighted by molar-refractivity contribution is -0.660. The monoisotopic (exact) mass is 317 g/mol. The molecule has 0 bridgehead atoms. The van der Waals surface area contributed by atoms with Gasteiger partial charge in [0.2, 0.25) is 5.69 Å². The summed E-state index contributed by atoms with van der Waals surface area (Å²) in [5, 5.41) is 10.2. The Morgan fingerprint density at radius 1 is 1.17 bits per heavy atom. The third-order valence-corrected chi connectivity index (χ3v) is 4.33. The Kier molecular flexibility index (Phi) is 3.10. The molecule has 0 N–H and O–H groups in total. The molecule has 24 heavy (non-hydrogen) atoms. The fraction of sp³-hybridized carbons (Fsp3) is 0.100. The van der Waals surface area contributed by atoms with Crippen LogP contribution in [0.1, 0.15) is 11.1 Å². The molecule has 0 radical (unpaired) electrons. The van der Waals surface area contributed by atoms with Crippen LogP contribution in [0.3, 0.4) is 0 Å². The topological polar surface area (TPSA) is 40.8 Å². The van der Waals surface area contributed by atoms with Crippen LogP contribution < -0.4 is 4.57 Å². The smallest absolute Gasteiger partial charge is 0.216 e. The summed E-state index contributed by atoms with van der Waals surface area (Å²) < 4.78 is 22.7. The first kappa shape index (κ1) is 14.4. The maximum Gasteiger partial charge on any atom is 0.216 e. The maximum atomic E-state index is 14.7. The van der Waals surface area contributed by atoms with Crippen LogP contribution in [0.15, 0.2) is 53.1 Å². The number of halogens is 1. The number of benzene rings is 2. The van der Waals surface area contributed by atoms with Gasteiger partial charge in [0, 0.05) is 17.5 Å². The molecule has 0 saturated carbocycles. The van der Waals surface area contributed by atoms with Gasteiger partial charge >= 0.3 is 0 Å². The molecule has 2 heterocycles. The van der Waals surface area contributed by atoms with Crippen LogP contribution >= 0.6 is 0 Å². The van der Waals surface area contributed by atoms with Crippen molar-refractivity contribution in [2.75, 3.05) is 0 Å². The Labute approximate surface area is 138 Å². The average molecular weight is 317 g/mol. The van der Waals surface area contributed by atoms with E-state index in [9.17, 15) is 4.39 Å². The minimum atomic E-state index is -0.335. The number of furan rings is 1. The molecule has 4 rings (SSSR count). The highest BCUT2D eigenvalue weighted by molar-refractivity contribution is 6.10. The molecule has 0 amide bonds. The SMILES string of the molecule is Cc1cc(F)c2c(oc3ccc(C#N)cc32)c1-c1cccc[n+]1C. The number of hydrogen-bond donors (Lipinski definition) is 0. The van der Waals surface area contributed by atoms with Crippen molar-refractivity contribution in [3.05, 3.63) is 65.6 Å². The fourth-order valence-corrected chi connectivity index (χ4v) is 3.20. The van der Waals surface area contributed by atoms with Crippen LogP contribution in [0.5, 0.6) is 0 Å². The minimum Gasteiger partial charge on any atom is -0.455 e. The van der Waals surface area contributed by atoms with E-state index in [1.807, 2.05) is 42.9 Å². The fourth-order valence-electron chi connectivity index (χ4n) is 3.20. The summed E-state index contributed by atoms with van der Waals surface area (Å²) in [5.41, 5.74) is 4.19. The molecule has 116 valence electrons. The Morgan fingerprint density at radius 2 is 2.00 bits per heavy atom. The van der Waals surface area contributed by atoms with E-state index in [1.165, 1.54) is 6.07 Å². The predicted octanol–water partition coefficient (Wildman–Crippen LogP) is 4.40. The zero-order valence-electron chi connectivity index (χ0n) is 13.3. The van der Waals surface area contributed by atoms with E-state index < -0.39 is 0 Å². The van der Waals surface area contributed by atoms with Crippen molar-refractivity contribution in [1.82, 2.24) is 0 Å². The molecule has 3 nitrogen and oxygen atoms in total. The van der Waals surface area contributed by atoms with Gasteiger partial charge in [-0.2, -0.15) is 5.26 Å². The van der Waals surface area contributed by atoms with Crippen LogP contribution in [0.2, 0.25) is 0 Å². The summed E-state index contributed by atoms with van der Waals surface area (Å²) >= 11 is 0. The number of aromatic nitrogens is 1. The van der Waals surface area contributed by atoms with Gasteiger partial charge in [0.05, 0.1) is 22.6 Å². The van der Waals surface area contributed by atoms with Crippen molar-refractivity contribution in [1.29, 1.82) is 5.26 Å². The average Bonchev–Trinajstić information content (AvgIpc) is 2.94. The molecular weight excluding hydrogens is 303 g/mol. The standard InChI is InChI=1S/C20H14FN2O/c1-12-9-15(21)19-14-10-13(11-22)6-7-17(14)24-20(19)18(12)16-5-3-4-8-23(16)2/h3-10H,1-2H3/q+1. The second-order valence-electron chi connectivity index (χ2n) is 5.88. The third-order valence-electron chi connectivity index (χ3n) is 4.33. The molecule has 4 heteroatoms. The van der Waals surface area contributed by atoms with E-state index in [1.54, 1.807) is 18.2 Å². The van der Waals surface area contributed by atoms with Gasteiger partial charge in [-0.25, -0.2) is 8.96 Å². The lowest BCUT2D eigenvalue weighted by Gasteiger charge is -2.06. The van der Waals surface area contributed by atoms with E-state index in [-0.39, 0.29) is 5.82 Å². The van der Waals surface area contributed by atoms with E-state index >= 15 is 0 Å². The first-order chi connectivity index (χ1) is 11.6. The maximum absolute atomic E-state index is 14.7. The number of aryl methyl sites for hydroxylation is 2. The zero-order valence-corrected chi connectivity index (χ0v) is 13.3. The first-order valence-electron chi connectivity index (χ1n) is 7.60. The summed E-state index contributed by atoms with van der Waals surface area (Å²) in [5.74, 6) is -0.335. The summed E-state index contributed by atoms with van der Waals surface area (Å²) in [6.45, 7) is 1.87. The van der Waals surface area contributed by atoms with Crippen LogP contribution in [0.25, 0.3) is 33.2 Å². The minimum absolute atomic E-state index is 0.335. The van der Waals surface area contributed by atoms with Crippen LogP contribution in [-0.4, -0.2) is 0 Å². The van der Waals surface area contributed by atoms with Crippen LogP contribution in [0, 0.1) is 24.1 Å². The highest BCUT2D eigenvalue weighted by atomic mass is 19.1. The number of rotatable bonds is 1. The molecule has 0 fully saturated rings. The third kappa shape index (κ3) is 1.99. The van der Waals surface area contributed by atoms with Crippen molar-refractivity contribution in [2.45, 2.75) is 6.92 Å². The molecule has 2 aromatic heterocycles. The lowest BCUT2D eigenvalue weighted by atomic mass is 9.99. The molecule has 0 atom stereocenters. The largest absolute Gasteiger partial charge is 0.455 e. The van der Waals surface area contributed by atoms with Crippen LogP contribution in [-0.2, 0) is 7.05 Å². The molecule has 2 aromatic carbocycles. The molecule has 0 aliphatic heterocycles. The van der Waals surface area contributed by atoms with E-state index in [4.69, 9.17) is 9.68 Å².